The fourth-order valence-corrected chi connectivity index (χ4v) is 1.20. The summed E-state index contributed by atoms with van der Waals surface area (Å²) in [5, 5.41) is 11.0. The van der Waals surface area contributed by atoms with Crippen LogP contribution in [0.3, 0.4) is 0 Å². The maximum atomic E-state index is 8.38. The molecule has 0 amide bonds. The average molecular weight is 174 g/mol. The molecule has 0 radical (unpaired) electrons. The molecular weight excluding hydrogens is 160 g/mol. The van der Waals surface area contributed by atoms with Gasteiger partial charge in [-0.25, -0.2) is 0 Å². The summed E-state index contributed by atoms with van der Waals surface area (Å²) in [6.07, 6.45) is 3.04. The summed E-state index contributed by atoms with van der Waals surface area (Å²) in [4.78, 5) is 0. The number of nitrogens with zero attached hydrogens (tertiary/aromatic N) is 1. The quantitative estimate of drug-likeness (QED) is 0.564. The third-order valence-electron chi connectivity index (χ3n) is 2.29. The van der Waals surface area contributed by atoms with Crippen LogP contribution in [0.5, 0.6) is 0 Å². The van der Waals surface area contributed by atoms with Crippen molar-refractivity contribution in [1.29, 1.82) is 5.26 Å². The molecule has 0 fully saturated rings. The number of nitriles is 1. The fraction of sp³-hybridized carbons (Fsp3) is 0.364. The van der Waals surface area contributed by atoms with E-state index in [-0.39, 0.29) is 0 Å². The van der Waals surface area contributed by atoms with Crippen LogP contribution in [0.2, 0.25) is 0 Å². The molecular formula is C11H14N2. The summed E-state index contributed by atoms with van der Waals surface area (Å²) in [5.41, 5.74) is 2.18. The molecule has 0 aliphatic carbocycles. The molecule has 0 saturated heterocycles. The van der Waals surface area contributed by atoms with Crippen molar-refractivity contribution in [3.8, 4) is 6.19 Å². The van der Waals surface area contributed by atoms with Crippen LogP contribution in [0.4, 0.5) is 5.69 Å². The highest BCUT2D eigenvalue weighted by Crippen LogP contribution is 2.20. The summed E-state index contributed by atoms with van der Waals surface area (Å²) < 4.78 is 0. The van der Waals surface area contributed by atoms with E-state index in [9.17, 15) is 0 Å². The summed E-state index contributed by atoms with van der Waals surface area (Å²) in [7, 11) is 0. The van der Waals surface area contributed by atoms with Gasteiger partial charge in [-0.1, -0.05) is 26.0 Å². The maximum Gasteiger partial charge on any atom is 0.181 e. The van der Waals surface area contributed by atoms with Crippen molar-refractivity contribution in [3.63, 3.8) is 0 Å². The fourth-order valence-electron chi connectivity index (χ4n) is 1.20. The first-order valence-corrected chi connectivity index (χ1v) is 4.53. The van der Waals surface area contributed by atoms with Gasteiger partial charge in [-0.3, -0.25) is 5.32 Å². The van der Waals surface area contributed by atoms with Crippen LogP contribution in [0.15, 0.2) is 24.3 Å². The Hall–Kier alpha value is -1.49. The van der Waals surface area contributed by atoms with Crippen molar-refractivity contribution in [2.24, 2.45) is 0 Å². The minimum atomic E-state index is 0.594. The van der Waals surface area contributed by atoms with Gasteiger partial charge < -0.3 is 0 Å². The van der Waals surface area contributed by atoms with Gasteiger partial charge in [-0.05, 0) is 30.0 Å². The zero-order valence-electron chi connectivity index (χ0n) is 8.04. The molecule has 1 aromatic carbocycles. The van der Waals surface area contributed by atoms with Crippen molar-refractivity contribution >= 4 is 5.69 Å². The first-order chi connectivity index (χ1) is 6.27. The molecule has 0 saturated carbocycles. The standard InChI is InChI=1S/C11H14N2/c1-3-9(2)10-4-6-11(7-5-10)13-8-12/h4-7,9,13H,3H2,1-2H3. The molecule has 0 aliphatic heterocycles. The Bertz CT molecular complexity index is 295. The van der Waals surface area contributed by atoms with Crippen LogP contribution in [-0.4, -0.2) is 0 Å². The van der Waals surface area contributed by atoms with Gasteiger partial charge in [-0.2, -0.15) is 5.26 Å². The summed E-state index contributed by atoms with van der Waals surface area (Å²) in [6.45, 7) is 4.37. The first kappa shape index (κ1) is 9.60. The molecule has 0 aromatic heterocycles. The van der Waals surface area contributed by atoms with Crippen molar-refractivity contribution in [2.45, 2.75) is 26.2 Å². The van der Waals surface area contributed by atoms with E-state index in [1.807, 2.05) is 18.3 Å². The van der Waals surface area contributed by atoms with Crippen molar-refractivity contribution in [1.82, 2.24) is 0 Å². The van der Waals surface area contributed by atoms with Gasteiger partial charge in [0.1, 0.15) is 0 Å². The van der Waals surface area contributed by atoms with Crippen LogP contribution < -0.4 is 5.32 Å². The molecule has 1 aromatic rings. The predicted octanol–water partition coefficient (Wildman–Crippen LogP) is 3.09. The van der Waals surface area contributed by atoms with Gasteiger partial charge in [0.25, 0.3) is 0 Å². The number of anilines is 1. The Morgan fingerprint density at radius 1 is 1.38 bits per heavy atom. The van der Waals surface area contributed by atoms with Gasteiger partial charge in [0.2, 0.25) is 0 Å². The molecule has 1 N–H and O–H groups in total. The van der Waals surface area contributed by atoms with Crippen LogP contribution in [0, 0.1) is 11.5 Å². The van der Waals surface area contributed by atoms with Crippen LogP contribution in [0.1, 0.15) is 31.7 Å². The van der Waals surface area contributed by atoms with Gasteiger partial charge >= 0.3 is 0 Å². The largest absolute Gasteiger partial charge is 0.293 e. The Morgan fingerprint density at radius 3 is 2.46 bits per heavy atom. The van der Waals surface area contributed by atoms with Crippen molar-refractivity contribution in [3.05, 3.63) is 29.8 Å². The monoisotopic (exact) mass is 174 g/mol. The van der Waals surface area contributed by atoms with E-state index >= 15 is 0 Å². The summed E-state index contributed by atoms with van der Waals surface area (Å²) in [5.74, 6) is 0.594. The highest BCUT2D eigenvalue weighted by Gasteiger charge is 2.01. The predicted molar refractivity (Wildman–Crippen MR) is 54.4 cm³/mol. The third-order valence-corrected chi connectivity index (χ3v) is 2.29. The van der Waals surface area contributed by atoms with Gasteiger partial charge in [0.15, 0.2) is 6.19 Å². The second kappa shape index (κ2) is 4.51. The molecule has 2 heteroatoms. The molecule has 0 bridgehead atoms. The second-order valence-corrected chi connectivity index (χ2v) is 3.17. The molecule has 1 unspecified atom stereocenters. The van der Waals surface area contributed by atoms with E-state index in [1.54, 1.807) is 0 Å². The van der Waals surface area contributed by atoms with E-state index in [1.165, 1.54) is 5.56 Å². The molecule has 0 heterocycles. The highest BCUT2D eigenvalue weighted by molar-refractivity contribution is 5.47. The van der Waals surface area contributed by atoms with Crippen LogP contribution in [-0.2, 0) is 0 Å². The maximum absolute atomic E-state index is 8.38. The lowest BCUT2D eigenvalue weighted by atomic mass is 9.99. The molecule has 1 rings (SSSR count). The summed E-state index contributed by atoms with van der Waals surface area (Å²) in [6, 6.07) is 8.00. The number of hydrogen-bond acceptors (Lipinski definition) is 2. The van der Waals surface area contributed by atoms with E-state index in [0.29, 0.717) is 5.92 Å². The molecule has 0 aliphatic rings. The number of rotatable bonds is 3. The Kier molecular flexibility index (Phi) is 3.33. The molecule has 1 atom stereocenters. The minimum absolute atomic E-state index is 0.594. The average Bonchev–Trinajstić information content (AvgIpc) is 2.18. The zero-order valence-corrected chi connectivity index (χ0v) is 8.04. The first-order valence-electron chi connectivity index (χ1n) is 4.53. The lowest BCUT2D eigenvalue weighted by Gasteiger charge is -2.08. The van der Waals surface area contributed by atoms with Gasteiger partial charge in [0, 0.05) is 5.69 Å². The van der Waals surface area contributed by atoms with E-state index in [0.717, 1.165) is 12.1 Å². The normalized spacial score (nSPS) is 11.8. The van der Waals surface area contributed by atoms with Gasteiger partial charge in [-0.15, -0.1) is 0 Å². The van der Waals surface area contributed by atoms with E-state index < -0.39 is 0 Å². The lowest BCUT2D eigenvalue weighted by molar-refractivity contribution is 0.734. The van der Waals surface area contributed by atoms with E-state index in [4.69, 9.17) is 5.26 Å². The number of hydrogen-bond donors (Lipinski definition) is 1. The summed E-state index contributed by atoms with van der Waals surface area (Å²) >= 11 is 0. The molecule has 68 valence electrons. The smallest absolute Gasteiger partial charge is 0.181 e. The van der Waals surface area contributed by atoms with Gasteiger partial charge in [0.05, 0.1) is 0 Å². The topological polar surface area (TPSA) is 35.8 Å². The van der Waals surface area contributed by atoms with Crippen LogP contribution >= 0.6 is 0 Å². The Morgan fingerprint density at radius 2 is 2.00 bits per heavy atom. The van der Waals surface area contributed by atoms with E-state index in [2.05, 4.69) is 31.3 Å². The molecule has 0 spiro atoms. The Balaban J connectivity index is 2.76. The SMILES string of the molecule is CCC(C)c1ccc(NC#N)cc1. The molecule has 13 heavy (non-hydrogen) atoms. The number of nitrogens with one attached hydrogen (secondary N) is 1. The molecule has 2 nitrogen and oxygen atoms in total. The number of benzene rings is 1. The lowest BCUT2D eigenvalue weighted by Crippen LogP contribution is -1.92. The minimum Gasteiger partial charge on any atom is -0.293 e. The third kappa shape index (κ3) is 2.48. The van der Waals surface area contributed by atoms with Crippen LogP contribution in [0.25, 0.3) is 0 Å². The second-order valence-electron chi connectivity index (χ2n) is 3.17. The zero-order chi connectivity index (χ0) is 9.68. The van der Waals surface area contributed by atoms with Crippen molar-refractivity contribution in [2.75, 3.05) is 5.32 Å². The highest BCUT2D eigenvalue weighted by atomic mass is 14.9. The van der Waals surface area contributed by atoms with Crippen molar-refractivity contribution < 1.29 is 0 Å². The Labute approximate surface area is 79.2 Å².